The minimum absolute atomic E-state index is 0.185. The van der Waals surface area contributed by atoms with Crippen molar-refractivity contribution in [1.29, 1.82) is 0 Å². The molecule has 0 spiro atoms. The third kappa shape index (κ3) is 2.76. The summed E-state index contributed by atoms with van der Waals surface area (Å²) in [6.07, 6.45) is 1.22. The molecular formula is C14H15Cl2NO3. The molecule has 1 saturated heterocycles. The fraction of sp³-hybridized carbons (Fsp3) is 0.429. The Bertz CT molecular complexity index is 561. The Morgan fingerprint density at radius 3 is 2.70 bits per heavy atom. The van der Waals surface area contributed by atoms with E-state index in [-0.39, 0.29) is 17.5 Å². The second-order valence-corrected chi connectivity index (χ2v) is 6.08. The van der Waals surface area contributed by atoms with Crippen LogP contribution in [0.3, 0.4) is 0 Å². The van der Waals surface area contributed by atoms with Crippen molar-refractivity contribution in [2.24, 2.45) is 5.41 Å². The zero-order chi connectivity index (χ0) is 14.9. The van der Waals surface area contributed by atoms with E-state index in [9.17, 15) is 14.7 Å². The Balaban J connectivity index is 2.25. The molecule has 1 aliphatic rings. The predicted molar refractivity (Wildman–Crippen MR) is 77.3 cm³/mol. The molecule has 1 aromatic carbocycles. The van der Waals surface area contributed by atoms with E-state index in [1.54, 1.807) is 25.1 Å². The number of hydrogen-bond donors (Lipinski definition) is 1. The van der Waals surface area contributed by atoms with E-state index in [0.717, 1.165) is 0 Å². The molecule has 20 heavy (non-hydrogen) atoms. The van der Waals surface area contributed by atoms with Crippen molar-refractivity contribution in [3.05, 3.63) is 33.8 Å². The van der Waals surface area contributed by atoms with Gasteiger partial charge in [-0.25, -0.2) is 0 Å². The first-order valence-corrected chi connectivity index (χ1v) is 7.07. The number of carboxylic acid groups (broad SMARTS) is 1. The van der Waals surface area contributed by atoms with Gasteiger partial charge in [0, 0.05) is 13.1 Å². The van der Waals surface area contributed by atoms with Crippen LogP contribution in [0.15, 0.2) is 18.2 Å². The van der Waals surface area contributed by atoms with Gasteiger partial charge in [-0.2, -0.15) is 0 Å². The number of amides is 1. The molecule has 6 heteroatoms. The van der Waals surface area contributed by atoms with Crippen molar-refractivity contribution in [3.63, 3.8) is 0 Å². The first-order valence-electron chi connectivity index (χ1n) is 6.32. The molecule has 0 aliphatic carbocycles. The van der Waals surface area contributed by atoms with Gasteiger partial charge < -0.3 is 10.0 Å². The fourth-order valence-corrected chi connectivity index (χ4v) is 2.81. The molecule has 1 aromatic rings. The normalized spacial score (nSPS) is 22.6. The van der Waals surface area contributed by atoms with E-state index in [4.69, 9.17) is 23.2 Å². The lowest BCUT2D eigenvalue weighted by Crippen LogP contribution is -2.48. The smallest absolute Gasteiger partial charge is 0.311 e. The van der Waals surface area contributed by atoms with Crippen LogP contribution in [-0.2, 0) is 4.79 Å². The van der Waals surface area contributed by atoms with Crippen molar-refractivity contribution < 1.29 is 14.7 Å². The molecule has 1 aliphatic heterocycles. The average Bonchev–Trinajstić information content (AvgIpc) is 2.41. The summed E-state index contributed by atoms with van der Waals surface area (Å²) in [7, 11) is 0. The van der Waals surface area contributed by atoms with Crippen molar-refractivity contribution in [1.82, 2.24) is 4.90 Å². The van der Waals surface area contributed by atoms with Crippen LogP contribution in [0.1, 0.15) is 30.1 Å². The van der Waals surface area contributed by atoms with Crippen LogP contribution in [0.5, 0.6) is 0 Å². The molecule has 1 fully saturated rings. The fourth-order valence-electron chi connectivity index (χ4n) is 2.43. The molecule has 1 N–H and O–H groups in total. The first-order chi connectivity index (χ1) is 9.35. The molecule has 0 bridgehead atoms. The molecular weight excluding hydrogens is 301 g/mol. The monoisotopic (exact) mass is 315 g/mol. The van der Waals surface area contributed by atoms with Crippen molar-refractivity contribution in [2.75, 3.05) is 13.1 Å². The highest BCUT2D eigenvalue weighted by Crippen LogP contribution is 2.32. The number of benzene rings is 1. The third-order valence-corrected chi connectivity index (χ3v) is 4.50. The van der Waals surface area contributed by atoms with Gasteiger partial charge in [-0.05, 0) is 31.9 Å². The van der Waals surface area contributed by atoms with Crippen molar-refractivity contribution in [3.8, 4) is 0 Å². The van der Waals surface area contributed by atoms with Crippen LogP contribution in [0, 0.1) is 5.41 Å². The molecule has 1 unspecified atom stereocenters. The second kappa shape index (κ2) is 5.62. The highest BCUT2D eigenvalue weighted by atomic mass is 35.5. The largest absolute Gasteiger partial charge is 0.481 e. The molecule has 0 saturated carbocycles. The van der Waals surface area contributed by atoms with E-state index in [2.05, 4.69) is 0 Å². The van der Waals surface area contributed by atoms with Crippen molar-refractivity contribution in [2.45, 2.75) is 19.8 Å². The molecule has 1 atom stereocenters. The standard InChI is InChI=1S/C14H15Cl2NO3/c1-14(13(19)20)6-3-7-17(8-14)12(18)9-4-2-5-10(15)11(9)16/h2,4-5H,3,6-8H2,1H3,(H,19,20). The number of carboxylic acids is 1. The van der Waals surface area contributed by atoms with Crippen LogP contribution >= 0.6 is 23.2 Å². The minimum atomic E-state index is -0.904. The number of carbonyl (C=O) groups is 2. The van der Waals surface area contributed by atoms with Crippen LogP contribution in [0.25, 0.3) is 0 Å². The number of piperidine rings is 1. The third-order valence-electron chi connectivity index (χ3n) is 3.68. The molecule has 1 amide bonds. The van der Waals surface area contributed by atoms with E-state index in [1.807, 2.05) is 0 Å². The van der Waals surface area contributed by atoms with Gasteiger partial charge in [0.1, 0.15) is 0 Å². The van der Waals surface area contributed by atoms with Gasteiger partial charge in [0.2, 0.25) is 0 Å². The summed E-state index contributed by atoms with van der Waals surface area (Å²) in [5.41, 5.74) is -0.590. The number of carbonyl (C=O) groups excluding carboxylic acids is 1. The number of aliphatic carboxylic acids is 1. The number of rotatable bonds is 2. The van der Waals surface area contributed by atoms with Crippen LogP contribution < -0.4 is 0 Å². The van der Waals surface area contributed by atoms with Gasteiger partial charge in [-0.3, -0.25) is 9.59 Å². The summed E-state index contributed by atoms with van der Waals surface area (Å²) in [4.78, 5) is 25.3. The summed E-state index contributed by atoms with van der Waals surface area (Å²) >= 11 is 12.0. The maximum absolute atomic E-state index is 12.5. The van der Waals surface area contributed by atoms with Crippen molar-refractivity contribution >= 4 is 35.1 Å². The number of hydrogen-bond acceptors (Lipinski definition) is 2. The van der Waals surface area contributed by atoms with E-state index in [0.29, 0.717) is 30.0 Å². The molecule has 0 aromatic heterocycles. The average molecular weight is 316 g/mol. The van der Waals surface area contributed by atoms with Gasteiger partial charge in [0.15, 0.2) is 0 Å². The van der Waals surface area contributed by atoms with Crippen LogP contribution in [0.2, 0.25) is 10.0 Å². The first kappa shape index (κ1) is 15.1. The number of likely N-dealkylation sites (tertiary alicyclic amines) is 1. The van der Waals surface area contributed by atoms with E-state index < -0.39 is 11.4 Å². The maximum atomic E-state index is 12.5. The van der Waals surface area contributed by atoms with Gasteiger partial charge in [-0.1, -0.05) is 29.3 Å². The van der Waals surface area contributed by atoms with Gasteiger partial charge in [0.05, 0.1) is 21.0 Å². The zero-order valence-electron chi connectivity index (χ0n) is 11.0. The summed E-state index contributed by atoms with van der Waals surface area (Å²) in [6.45, 7) is 2.38. The Hall–Kier alpha value is -1.26. The Labute approximate surface area is 127 Å². The topological polar surface area (TPSA) is 57.6 Å². The molecule has 0 radical (unpaired) electrons. The minimum Gasteiger partial charge on any atom is -0.481 e. The quantitative estimate of drug-likeness (QED) is 0.910. The van der Waals surface area contributed by atoms with Gasteiger partial charge in [0.25, 0.3) is 5.91 Å². The highest BCUT2D eigenvalue weighted by Gasteiger charge is 2.39. The van der Waals surface area contributed by atoms with Crippen LogP contribution in [-0.4, -0.2) is 35.0 Å². The molecule has 1 heterocycles. The van der Waals surface area contributed by atoms with Gasteiger partial charge in [-0.15, -0.1) is 0 Å². The molecule has 108 valence electrons. The summed E-state index contributed by atoms with van der Waals surface area (Å²) in [5.74, 6) is -1.16. The molecule has 2 rings (SSSR count). The Morgan fingerprint density at radius 2 is 2.05 bits per heavy atom. The van der Waals surface area contributed by atoms with E-state index >= 15 is 0 Å². The van der Waals surface area contributed by atoms with Gasteiger partial charge >= 0.3 is 5.97 Å². The molecule has 4 nitrogen and oxygen atoms in total. The lowest BCUT2D eigenvalue weighted by Gasteiger charge is -2.37. The number of nitrogens with zero attached hydrogens (tertiary/aromatic N) is 1. The predicted octanol–water partition coefficient (Wildman–Crippen LogP) is 3.32. The SMILES string of the molecule is CC1(C(=O)O)CCCN(C(=O)c2cccc(Cl)c2Cl)C1. The lowest BCUT2D eigenvalue weighted by atomic mass is 9.82. The Kier molecular flexibility index (Phi) is 4.25. The summed E-state index contributed by atoms with van der Waals surface area (Å²) in [5, 5.41) is 9.81. The highest BCUT2D eigenvalue weighted by molar-refractivity contribution is 6.43. The number of halogens is 2. The summed E-state index contributed by atoms with van der Waals surface area (Å²) in [6, 6.07) is 4.86. The summed E-state index contributed by atoms with van der Waals surface area (Å²) < 4.78 is 0. The second-order valence-electron chi connectivity index (χ2n) is 5.30. The van der Waals surface area contributed by atoms with Crippen LogP contribution in [0.4, 0.5) is 0 Å². The maximum Gasteiger partial charge on any atom is 0.311 e. The lowest BCUT2D eigenvalue weighted by molar-refractivity contribution is -0.150. The van der Waals surface area contributed by atoms with E-state index in [1.165, 1.54) is 4.90 Å². The zero-order valence-corrected chi connectivity index (χ0v) is 12.5. The Morgan fingerprint density at radius 1 is 1.35 bits per heavy atom.